The van der Waals surface area contributed by atoms with Crippen LogP contribution in [-0.4, -0.2) is 24.2 Å². The molecule has 0 spiro atoms. The highest BCUT2D eigenvalue weighted by Crippen LogP contribution is 2.32. The highest BCUT2D eigenvalue weighted by atomic mass is 16.5. The number of aromatic amines is 1. The number of imidazole rings is 1. The van der Waals surface area contributed by atoms with E-state index in [4.69, 9.17) is 9.47 Å². The van der Waals surface area contributed by atoms with Gasteiger partial charge in [-0.1, -0.05) is 0 Å². The van der Waals surface area contributed by atoms with Gasteiger partial charge in [-0.15, -0.1) is 0 Å². The molecule has 0 amide bonds. The van der Waals surface area contributed by atoms with E-state index in [0.717, 1.165) is 28.4 Å². The Balaban J connectivity index is 2.17. The van der Waals surface area contributed by atoms with Crippen molar-refractivity contribution >= 4 is 5.69 Å². The Kier molecular flexibility index (Phi) is 3.72. The minimum atomic E-state index is 0.691. The predicted molar refractivity (Wildman–Crippen MR) is 70.2 cm³/mol. The van der Waals surface area contributed by atoms with Crippen LogP contribution in [0, 0.1) is 6.92 Å². The first kappa shape index (κ1) is 12.3. The highest BCUT2D eigenvalue weighted by molar-refractivity contribution is 5.60. The second-order valence-corrected chi connectivity index (χ2v) is 3.95. The van der Waals surface area contributed by atoms with Crippen molar-refractivity contribution in [2.24, 2.45) is 0 Å². The number of hydrogen-bond acceptors (Lipinski definition) is 4. The molecule has 2 N–H and O–H groups in total. The van der Waals surface area contributed by atoms with E-state index in [0.29, 0.717) is 6.54 Å². The molecule has 0 aliphatic rings. The topological polar surface area (TPSA) is 59.2 Å². The fraction of sp³-hybridized carbons (Fsp3) is 0.308. The van der Waals surface area contributed by atoms with Gasteiger partial charge >= 0.3 is 0 Å². The molecule has 0 saturated carbocycles. The molecule has 1 heterocycles. The van der Waals surface area contributed by atoms with Crippen LogP contribution in [0.3, 0.4) is 0 Å². The summed E-state index contributed by atoms with van der Waals surface area (Å²) in [4.78, 5) is 7.03. The van der Waals surface area contributed by atoms with Gasteiger partial charge in [0, 0.05) is 18.0 Å². The number of anilines is 1. The summed E-state index contributed by atoms with van der Waals surface area (Å²) in [5, 5.41) is 3.33. The van der Waals surface area contributed by atoms with Crippen molar-refractivity contribution < 1.29 is 9.47 Å². The lowest BCUT2D eigenvalue weighted by atomic mass is 10.1. The number of methoxy groups -OCH3 is 2. The van der Waals surface area contributed by atoms with Gasteiger partial charge in [-0.2, -0.15) is 0 Å². The molecule has 0 radical (unpaired) electrons. The van der Waals surface area contributed by atoms with E-state index in [1.54, 1.807) is 26.7 Å². The Morgan fingerprint density at radius 1 is 1.22 bits per heavy atom. The summed E-state index contributed by atoms with van der Waals surface area (Å²) in [7, 11) is 3.26. The van der Waals surface area contributed by atoms with E-state index >= 15 is 0 Å². The zero-order valence-corrected chi connectivity index (χ0v) is 10.8. The van der Waals surface area contributed by atoms with E-state index in [-0.39, 0.29) is 0 Å². The third-order valence-electron chi connectivity index (χ3n) is 2.75. The molecule has 0 saturated heterocycles. The maximum atomic E-state index is 5.28. The highest BCUT2D eigenvalue weighted by Gasteiger charge is 2.08. The Labute approximate surface area is 106 Å². The Bertz CT molecular complexity index is 509. The lowest BCUT2D eigenvalue weighted by molar-refractivity contribution is 0.355. The second-order valence-electron chi connectivity index (χ2n) is 3.95. The molecule has 2 rings (SSSR count). The number of nitrogens with one attached hydrogen (secondary N) is 2. The van der Waals surface area contributed by atoms with Crippen LogP contribution in [0.15, 0.2) is 24.7 Å². The summed E-state index contributed by atoms with van der Waals surface area (Å²) >= 11 is 0. The van der Waals surface area contributed by atoms with Gasteiger partial charge in [0.15, 0.2) is 11.5 Å². The average Bonchev–Trinajstić information content (AvgIpc) is 2.90. The average molecular weight is 247 g/mol. The first-order valence-corrected chi connectivity index (χ1v) is 5.68. The number of nitrogens with zero attached hydrogens (tertiary/aromatic N) is 1. The molecule has 0 atom stereocenters. The van der Waals surface area contributed by atoms with Gasteiger partial charge in [0.2, 0.25) is 0 Å². The van der Waals surface area contributed by atoms with Crippen LogP contribution in [-0.2, 0) is 6.54 Å². The monoisotopic (exact) mass is 247 g/mol. The Morgan fingerprint density at radius 2 is 1.94 bits per heavy atom. The lowest BCUT2D eigenvalue weighted by Gasteiger charge is -2.13. The summed E-state index contributed by atoms with van der Waals surface area (Å²) in [6.07, 6.45) is 3.46. The van der Waals surface area contributed by atoms with E-state index in [1.807, 2.05) is 19.1 Å². The van der Waals surface area contributed by atoms with Crippen molar-refractivity contribution in [2.45, 2.75) is 13.5 Å². The van der Waals surface area contributed by atoms with Crippen LogP contribution in [0.5, 0.6) is 11.5 Å². The quantitative estimate of drug-likeness (QED) is 0.851. The lowest BCUT2D eigenvalue weighted by Crippen LogP contribution is -2.02. The Hall–Kier alpha value is -2.17. The summed E-state index contributed by atoms with van der Waals surface area (Å²) in [6.45, 7) is 2.72. The van der Waals surface area contributed by atoms with E-state index in [1.165, 1.54) is 0 Å². The first-order valence-electron chi connectivity index (χ1n) is 5.68. The van der Waals surface area contributed by atoms with E-state index in [9.17, 15) is 0 Å². The molecular weight excluding hydrogens is 230 g/mol. The molecule has 18 heavy (non-hydrogen) atoms. The molecular formula is C13H17N3O2. The molecule has 96 valence electrons. The van der Waals surface area contributed by atoms with Gasteiger partial charge in [0.1, 0.15) is 0 Å². The van der Waals surface area contributed by atoms with Gasteiger partial charge in [-0.3, -0.25) is 0 Å². The van der Waals surface area contributed by atoms with Crippen molar-refractivity contribution in [3.63, 3.8) is 0 Å². The minimum Gasteiger partial charge on any atom is -0.493 e. The largest absolute Gasteiger partial charge is 0.493 e. The number of hydrogen-bond donors (Lipinski definition) is 2. The van der Waals surface area contributed by atoms with Crippen LogP contribution in [0.2, 0.25) is 0 Å². The molecule has 0 unspecified atom stereocenters. The van der Waals surface area contributed by atoms with Gasteiger partial charge in [-0.25, -0.2) is 4.98 Å². The molecule has 0 aliphatic heterocycles. The fourth-order valence-corrected chi connectivity index (χ4v) is 1.74. The molecule has 0 bridgehead atoms. The summed E-state index contributed by atoms with van der Waals surface area (Å²) in [5.41, 5.74) is 3.15. The number of rotatable bonds is 5. The third kappa shape index (κ3) is 2.56. The summed E-state index contributed by atoms with van der Waals surface area (Å²) < 4.78 is 10.5. The molecule has 5 heteroatoms. The van der Waals surface area contributed by atoms with Crippen molar-refractivity contribution in [3.8, 4) is 11.5 Å². The number of H-pyrrole nitrogens is 1. The third-order valence-corrected chi connectivity index (χ3v) is 2.75. The number of aromatic nitrogens is 2. The molecule has 0 fully saturated rings. The van der Waals surface area contributed by atoms with Gasteiger partial charge in [0.05, 0.1) is 32.8 Å². The molecule has 5 nitrogen and oxygen atoms in total. The van der Waals surface area contributed by atoms with Gasteiger partial charge < -0.3 is 19.8 Å². The molecule has 1 aromatic heterocycles. The van der Waals surface area contributed by atoms with Crippen LogP contribution < -0.4 is 14.8 Å². The van der Waals surface area contributed by atoms with Crippen LogP contribution in [0.4, 0.5) is 5.69 Å². The number of aryl methyl sites for hydroxylation is 1. The minimum absolute atomic E-state index is 0.691. The van der Waals surface area contributed by atoms with Crippen molar-refractivity contribution in [1.29, 1.82) is 0 Å². The standard InChI is InChI=1S/C13H17N3O2/c1-9-4-12(17-2)13(18-3)5-11(9)15-7-10-6-14-8-16-10/h4-6,8,15H,7H2,1-3H3,(H,14,16). The zero-order valence-electron chi connectivity index (χ0n) is 10.8. The maximum absolute atomic E-state index is 5.28. The van der Waals surface area contributed by atoms with Crippen LogP contribution in [0.1, 0.15) is 11.3 Å². The van der Waals surface area contributed by atoms with Crippen LogP contribution in [0.25, 0.3) is 0 Å². The van der Waals surface area contributed by atoms with E-state index in [2.05, 4.69) is 15.3 Å². The normalized spacial score (nSPS) is 10.2. The molecule has 1 aromatic carbocycles. The van der Waals surface area contributed by atoms with Crippen LogP contribution >= 0.6 is 0 Å². The Morgan fingerprint density at radius 3 is 2.56 bits per heavy atom. The van der Waals surface area contributed by atoms with Gasteiger partial charge in [-0.05, 0) is 18.6 Å². The number of ether oxygens (including phenoxy) is 2. The number of benzene rings is 1. The van der Waals surface area contributed by atoms with Gasteiger partial charge in [0.25, 0.3) is 0 Å². The second kappa shape index (κ2) is 5.44. The van der Waals surface area contributed by atoms with Crippen molar-refractivity contribution in [2.75, 3.05) is 19.5 Å². The van der Waals surface area contributed by atoms with Crippen molar-refractivity contribution in [3.05, 3.63) is 35.9 Å². The summed E-state index contributed by atoms with van der Waals surface area (Å²) in [5.74, 6) is 1.46. The molecule has 0 aliphatic carbocycles. The smallest absolute Gasteiger partial charge is 0.162 e. The van der Waals surface area contributed by atoms with Crippen molar-refractivity contribution in [1.82, 2.24) is 9.97 Å². The summed E-state index contributed by atoms with van der Waals surface area (Å²) in [6, 6.07) is 3.89. The maximum Gasteiger partial charge on any atom is 0.162 e. The SMILES string of the molecule is COc1cc(C)c(NCc2cnc[nH]2)cc1OC. The first-order chi connectivity index (χ1) is 8.74. The zero-order chi connectivity index (χ0) is 13.0. The molecule has 2 aromatic rings. The van der Waals surface area contributed by atoms with E-state index < -0.39 is 0 Å². The predicted octanol–water partition coefficient (Wildman–Crippen LogP) is 2.35. The fourth-order valence-electron chi connectivity index (χ4n) is 1.74.